The molecule has 1 unspecified atom stereocenters. The van der Waals surface area contributed by atoms with Gasteiger partial charge in [0, 0.05) is 0 Å². The number of hydrogen-bond donors (Lipinski definition) is 2. The molecule has 21 heavy (non-hydrogen) atoms. The summed E-state index contributed by atoms with van der Waals surface area (Å²) in [6.07, 6.45) is 2.98. The maximum absolute atomic E-state index is 12.0. The molecule has 2 aromatic rings. The van der Waals surface area contributed by atoms with Gasteiger partial charge in [-0.1, -0.05) is 18.2 Å². The third-order valence-electron chi connectivity index (χ3n) is 3.36. The Morgan fingerprint density at radius 3 is 2.62 bits per heavy atom. The van der Waals surface area contributed by atoms with Crippen molar-refractivity contribution < 1.29 is 14.7 Å². The van der Waals surface area contributed by atoms with Crippen LogP contribution in [0.2, 0.25) is 0 Å². The molecule has 1 heterocycles. The third-order valence-corrected chi connectivity index (χ3v) is 3.36. The zero-order valence-electron chi connectivity index (χ0n) is 11.1. The van der Waals surface area contributed by atoms with E-state index < -0.39 is 17.9 Å². The van der Waals surface area contributed by atoms with Crippen LogP contribution in [0.5, 0.6) is 0 Å². The summed E-state index contributed by atoms with van der Waals surface area (Å²) in [6.45, 7) is 0. The van der Waals surface area contributed by atoms with E-state index in [4.69, 9.17) is 5.11 Å². The first kappa shape index (κ1) is 13.3. The van der Waals surface area contributed by atoms with Crippen molar-refractivity contribution in [1.82, 2.24) is 20.3 Å². The maximum atomic E-state index is 12.0. The number of nitrogens with one attached hydrogen (secondary N) is 1. The van der Waals surface area contributed by atoms with Gasteiger partial charge in [0.15, 0.2) is 5.69 Å². The molecule has 3 rings (SSSR count). The number of carbonyl (C=O) groups excluding carboxylic acids is 1. The lowest BCUT2D eigenvalue weighted by Crippen LogP contribution is -2.42. The number of hydrogen-bond acceptors (Lipinski definition) is 4. The van der Waals surface area contributed by atoms with Gasteiger partial charge in [-0.15, -0.1) is 5.10 Å². The number of aromatic nitrogens is 3. The summed E-state index contributed by atoms with van der Waals surface area (Å²) in [4.78, 5) is 24.5. The van der Waals surface area contributed by atoms with Gasteiger partial charge in [-0.3, -0.25) is 4.79 Å². The molecule has 1 atom stereocenters. The summed E-state index contributed by atoms with van der Waals surface area (Å²) in [7, 11) is 0. The Hall–Kier alpha value is -2.70. The second-order valence-electron chi connectivity index (χ2n) is 4.98. The summed E-state index contributed by atoms with van der Waals surface area (Å²) in [5, 5.41) is 19.7. The number of para-hydroxylation sites is 1. The standard InChI is InChI=1S/C14H14N4O3/c19-13(16-12(14(20)21)9-6-7-9)11-8-15-18(17-11)10-4-2-1-3-5-10/h1-5,8-9,12H,6-7H2,(H,16,19)(H,20,21). The Morgan fingerprint density at radius 1 is 1.29 bits per heavy atom. The lowest BCUT2D eigenvalue weighted by Gasteiger charge is -2.11. The van der Waals surface area contributed by atoms with Crippen LogP contribution >= 0.6 is 0 Å². The average molecular weight is 286 g/mol. The molecular formula is C14H14N4O3. The molecule has 1 aromatic heterocycles. The molecule has 0 bridgehead atoms. The van der Waals surface area contributed by atoms with Crippen LogP contribution < -0.4 is 5.32 Å². The third kappa shape index (κ3) is 2.91. The van der Waals surface area contributed by atoms with Crippen molar-refractivity contribution in [1.29, 1.82) is 0 Å². The first-order valence-electron chi connectivity index (χ1n) is 6.66. The van der Waals surface area contributed by atoms with Crippen LogP contribution in [-0.4, -0.2) is 38.0 Å². The van der Waals surface area contributed by atoms with E-state index >= 15 is 0 Å². The molecule has 0 spiro atoms. The molecule has 1 aromatic carbocycles. The SMILES string of the molecule is O=C(NC(C(=O)O)C1CC1)c1cnn(-c2ccccc2)n1. The number of carboxylic acid groups (broad SMARTS) is 1. The predicted octanol–water partition coefficient (Wildman–Crippen LogP) is 0.860. The second-order valence-corrected chi connectivity index (χ2v) is 4.98. The minimum Gasteiger partial charge on any atom is -0.480 e. The van der Waals surface area contributed by atoms with E-state index in [1.54, 1.807) is 0 Å². The number of aliphatic carboxylic acids is 1. The van der Waals surface area contributed by atoms with Crippen molar-refractivity contribution in [3.05, 3.63) is 42.2 Å². The van der Waals surface area contributed by atoms with Crippen LogP contribution in [0.1, 0.15) is 23.3 Å². The molecule has 0 radical (unpaired) electrons. The first-order chi connectivity index (χ1) is 10.1. The van der Waals surface area contributed by atoms with Gasteiger partial charge in [-0.2, -0.15) is 9.90 Å². The number of nitrogens with zero attached hydrogens (tertiary/aromatic N) is 3. The van der Waals surface area contributed by atoms with E-state index in [2.05, 4.69) is 15.5 Å². The van der Waals surface area contributed by atoms with Gasteiger partial charge in [0.1, 0.15) is 6.04 Å². The van der Waals surface area contributed by atoms with Gasteiger partial charge in [-0.05, 0) is 30.9 Å². The Balaban J connectivity index is 1.73. The average Bonchev–Trinajstić information content (AvgIpc) is 3.20. The summed E-state index contributed by atoms with van der Waals surface area (Å²) in [5.41, 5.74) is 0.833. The van der Waals surface area contributed by atoms with Crippen molar-refractivity contribution in [2.75, 3.05) is 0 Å². The highest BCUT2D eigenvalue weighted by Crippen LogP contribution is 2.32. The molecular weight excluding hydrogens is 272 g/mol. The van der Waals surface area contributed by atoms with E-state index in [1.165, 1.54) is 11.0 Å². The fourth-order valence-electron chi connectivity index (χ4n) is 2.08. The van der Waals surface area contributed by atoms with E-state index in [-0.39, 0.29) is 11.6 Å². The van der Waals surface area contributed by atoms with E-state index in [0.717, 1.165) is 18.5 Å². The molecule has 0 saturated heterocycles. The number of benzene rings is 1. The van der Waals surface area contributed by atoms with Crippen LogP contribution in [0.4, 0.5) is 0 Å². The number of rotatable bonds is 5. The molecule has 1 saturated carbocycles. The molecule has 0 aliphatic heterocycles. The molecule has 1 aliphatic carbocycles. The molecule has 2 N–H and O–H groups in total. The minimum atomic E-state index is -1.01. The summed E-state index contributed by atoms with van der Waals surface area (Å²) < 4.78 is 0. The zero-order valence-corrected chi connectivity index (χ0v) is 11.1. The van der Waals surface area contributed by atoms with Crippen LogP contribution in [0.15, 0.2) is 36.5 Å². The fraction of sp³-hybridized carbons (Fsp3) is 0.286. The summed E-state index contributed by atoms with van der Waals surface area (Å²) in [6, 6.07) is 8.32. The maximum Gasteiger partial charge on any atom is 0.326 e. The Labute approximate surface area is 120 Å². The smallest absolute Gasteiger partial charge is 0.326 e. The summed E-state index contributed by atoms with van der Waals surface area (Å²) in [5.74, 6) is -1.51. The van der Waals surface area contributed by atoms with Gasteiger partial charge in [0.05, 0.1) is 11.9 Å². The van der Waals surface area contributed by atoms with Crippen LogP contribution in [-0.2, 0) is 4.79 Å². The van der Waals surface area contributed by atoms with Gasteiger partial charge < -0.3 is 10.4 Å². The monoisotopic (exact) mass is 286 g/mol. The topological polar surface area (TPSA) is 97.1 Å². The van der Waals surface area contributed by atoms with Crippen molar-refractivity contribution in [3.8, 4) is 5.69 Å². The molecule has 108 valence electrons. The van der Waals surface area contributed by atoms with Gasteiger partial charge >= 0.3 is 5.97 Å². The van der Waals surface area contributed by atoms with Gasteiger partial charge in [0.25, 0.3) is 5.91 Å². The zero-order chi connectivity index (χ0) is 14.8. The first-order valence-corrected chi connectivity index (χ1v) is 6.66. The molecule has 7 nitrogen and oxygen atoms in total. The number of carboxylic acids is 1. The normalized spacial score (nSPS) is 15.4. The molecule has 1 aliphatic rings. The van der Waals surface area contributed by atoms with Gasteiger partial charge in [-0.25, -0.2) is 4.79 Å². The Morgan fingerprint density at radius 2 is 2.00 bits per heavy atom. The quantitative estimate of drug-likeness (QED) is 0.849. The summed E-state index contributed by atoms with van der Waals surface area (Å²) >= 11 is 0. The van der Waals surface area contributed by atoms with Crippen LogP contribution in [0, 0.1) is 5.92 Å². The minimum absolute atomic E-state index is 0.0237. The van der Waals surface area contributed by atoms with Crippen molar-refractivity contribution in [2.24, 2.45) is 5.92 Å². The highest BCUT2D eigenvalue weighted by Gasteiger charge is 2.37. The molecule has 1 fully saturated rings. The Bertz CT molecular complexity index is 664. The fourth-order valence-corrected chi connectivity index (χ4v) is 2.08. The van der Waals surface area contributed by atoms with E-state index in [1.807, 2.05) is 30.3 Å². The van der Waals surface area contributed by atoms with Crippen molar-refractivity contribution in [3.63, 3.8) is 0 Å². The second kappa shape index (κ2) is 5.35. The van der Waals surface area contributed by atoms with Crippen molar-refractivity contribution in [2.45, 2.75) is 18.9 Å². The number of carbonyl (C=O) groups is 2. The lowest BCUT2D eigenvalue weighted by molar-refractivity contribution is -0.139. The molecule has 7 heteroatoms. The molecule has 1 amide bonds. The van der Waals surface area contributed by atoms with E-state index in [9.17, 15) is 9.59 Å². The lowest BCUT2D eigenvalue weighted by atomic mass is 10.2. The highest BCUT2D eigenvalue weighted by atomic mass is 16.4. The van der Waals surface area contributed by atoms with E-state index in [0.29, 0.717) is 0 Å². The van der Waals surface area contributed by atoms with Crippen molar-refractivity contribution >= 4 is 11.9 Å². The van der Waals surface area contributed by atoms with Crippen LogP contribution in [0.25, 0.3) is 5.69 Å². The predicted molar refractivity (Wildman–Crippen MR) is 73.0 cm³/mol. The largest absolute Gasteiger partial charge is 0.480 e. The van der Waals surface area contributed by atoms with Crippen LogP contribution in [0.3, 0.4) is 0 Å². The number of amides is 1. The van der Waals surface area contributed by atoms with Gasteiger partial charge in [0.2, 0.25) is 0 Å². The highest BCUT2D eigenvalue weighted by molar-refractivity contribution is 5.94. The Kier molecular flexibility index (Phi) is 3.39.